The van der Waals surface area contributed by atoms with Gasteiger partial charge in [-0.2, -0.15) is 0 Å². The lowest BCUT2D eigenvalue weighted by molar-refractivity contribution is -0.120. The van der Waals surface area contributed by atoms with Crippen LogP contribution in [-0.2, 0) is 0 Å². The predicted molar refractivity (Wildman–Crippen MR) is 82.4 cm³/mol. The first-order valence-electron chi connectivity index (χ1n) is 9.24. The van der Waals surface area contributed by atoms with Gasteiger partial charge in [-0.15, -0.1) is 0 Å². The molecule has 4 rings (SSSR count). The van der Waals surface area contributed by atoms with Gasteiger partial charge in [0.25, 0.3) is 0 Å². The molecule has 4 saturated carbocycles. The number of aliphatic hydroxyl groups is 1. The molecule has 0 bridgehead atoms. The molecule has 4 aliphatic carbocycles. The van der Waals surface area contributed by atoms with Gasteiger partial charge in [-0.3, -0.25) is 0 Å². The molecule has 0 amide bonds. The lowest BCUT2D eigenvalue weighted by Gasteiger charge is -2.60. The molecule has 0 aromatic carbocycles. The number of hydrogen-bond donors (Lipinski definition) is 1. The van der Waals surface area contributed by atoms with Gasteiger partial charge in [0.2, 0.25) is 0 Å². The molecule has 0 radical (unpaired) electrons. The molecule has 1 heteroatoms. The molecule has 114 valence electrons. The van der Waals surface area contributed by atoms with E-state index in [0.717, 1.165) is 30.1 Å². The van der Waals surface area contributed by atoms with Crippen molar-refractivity contribution in [2.75, 3.05) is 0 Å². The zero-order valence-electron chi connectivity index (χ0n) is 13.4. The molecule has 0 heterocycles. The van der Waals surface area contributed by atoms with E-state index in [1.807, 2.05) is 0 Å². The monoisotopic (exact) mass is 276 g/mol. The fourth-order valence-electron chi connectivity index (χ4n) is 7.27. The standard InChI is InChI=1S/C19H32O/c1-18-11-4-3-5-13(18)6-7-14-15-8-9-17(20)19(15,2)12-10-16(14)18/h13-17,20H,3-12H2,1-2H3/t13?,14-,15-,16+,17?,18-,19-/m0/s1. The first-order chi connectivity index (χ1) is 9.56. The Hall–Kier alpha value is -0.0400. The van der Waals surface area contributed by atoms with Crippen LogP contribution < -0.4 is 0 Å². The van der Waals surface area contributed by atoms with Crippen LogP contribution in [0, 0.1) is 34.5 Å². The second-order valence-electron chi connectivity index (χ2n) is 9.04. The summed E-state index contributed by atoms with van der Waals surface area (Å²) in [6, 6.07) is 0. The second-order valence-corrected chi connectivity index (χ2v) is 9.04. The van der Waals surface area contributed by atoms with Crippen LogP contribution in [0.3, 0.4) is 0 Å². The third-order valence-electron chi connectivity index (χ3n) is 8.53. The van der Waals surface area contributed by atoms with Crippen LogP contribution in [0.1, 0.15) is 78.1 Å². The van der Waals surface area contributed by atoms with Gasteiger partial charge in [0.15, 0.2) is 0 Å². The summed E-state index contributed by atoms with van der Waals surface area (Å²) in [5, 5.41) is 10.5. The van der Waals surface area contributed by atoms with Crippen LogP contribution in [0.5, 0.6) is 0 Å². The summed E-state index contributed by atoms with van der Waals surface area (Å²) in [4.78, 5) is 0. The van der Waals surface area contributed by atoms with Crippen molar-refractivity contribution in [3.63, 3.8) is 0 Å². The lowest BCUT2D eigenvalue weighted by atomic mass is 9.45. The van der Waals surface area contributed by atoms with Crippen LogP contribution in [0.4, 0.5) is 0 Å². The molecule has 1 nitrogen and oxygen atoms in total. The smallest absolute Gasteiger partial charge is 0.0596 e. The van der Waals surface area contributed by atoms with E-state index in [1.165, 1.54) is 57.8 Å². The third-order valence-corrected chi connectivity index (χ3v) is 8.53. The summed E-state index contributed by atoms with van der Waals surface area (Å²) in [7, 11) is 0. The van der Waals surface area contributed by atoms with E-state index >= 15 is 0 Å². The van der Waals surface area contributed by atoms with Crippen molar-refractivity contribution in [2.24, 2.45) is 34.5 Å². The quantitative estimate of drug-likeness (QED) is 0.675. The SMILES string of the molecule is C[C@]12CCCCC1CC[C@@H]1[C@H]2CC[C@]2(C)C(O)CC[C@@H]12. The fraction of sp³-hybridized carbons (Fsp3) is 1.00. The van der Waals surface area contributed by atoms with Crippen LogP contribution in [0.2, 0.25) is 0 Å². The van der Waals surface area contributed by atoms with Crippen molar-refractivity contribution in [2.45, 2.75) is 84.2 Å². The zero-order valence-corrected chi connectivity index (χ0v) is 13.4. The van der Waals surface area contributed by atoms with Gasteiger partial charge in [-0.05, 0) is 85.9 Å². The van der Waals surface area contributed by atoms with Crippen molar-refractivity contribution in [1.82, 2.24) is 0 Å². The van der Waals surface area contributed by atoms with Crippen LogP contribution in [-0.4, -0.2) is 11.2 Å². The van der Waals surface area contributed by atoms with Crippen LogP contribution >= 0.6 is 0 Å². The molecule has 2 unspecified atom stereocenters. The van der Waals surface area contributed by atoms with Gasteiger partial charge in [-0.1, -0.05) is 26.7 Å². The summed E-state index contributed by atoms with van der Waals surface area (Å²) < 4.78 is 0. The minimum Gasteiger partial charge on any atom is -0.393 e. The largest absolute Gasteiger partial charge is 0.393 e. The molecule has 4 aliphatic rings. The van der Waals surface area contributed by atoms with E-state index in [1.54, 1.807) is 0 Å². The van der Waals surface area contributed by atoms with E-state index in [9.17, 15) is 5.11 Å². The highest BCUT2D eigenvalue weighted by Gasteiger charge is 2.59. The Morgan fingerprint density at radius 1 is 0.750 bits per heavy atom. The minimum absolute atomic E-state index is 0.00895. The summed E-state index contributed by atoms with van der Waals surface area (Å²) >= 11 is 0. The molecule has 0 aromatic rings. The highest BCUT2D eigenvalue weighted by Crippen LogP contribution is 2.66. The summed E-state index contributed by atoms with van der Waals surface area (Å²) in [5.41, 5.74) is 0.912. The Balaban J connectivity index is 1.64. The molecule has 0 spiro atoms. The Labute approximate surface area is 124 Å². The molecule has 0 aliphatic heterocycles. The maximum atomic E-state index is 10.5. The molecule has 0 aromatic heterocycles. The molecule has 1 N–H and O–H groups in total. The zero-order chi connectivity index (χ0) is 14.0. The predicted octanol–water partition coefficient (Wildman–Crippen LogP) is 4.78. The Bertz CT molecular complexity index is 391. The number of fused-ring (bicyclic) bond motifs is 5. The molecule has 4 fully saturated rings. The van der Waals surface area contributed by atoms with Crippen LogP contribution in [0.15, 0.2) is 0 Å². The molecule has 20 heavy (non-hydrogen) atoms. The van der Waals surface area contributed by atoms with E-state index in [-0.39, 0.29) is 11.5 Å². The average molecular weight is 276 g/mol. The van der Waals surface area contributed by atoms with E-state index in [2.05, 4.69) is 13.8 Å². The molecular weight excluding hydrogens is 244 g/mol. The summed E-state index contributed by atoms with van der Waals surface area (Å²) in [5.74, 6) is 3.76. The second kappa shape index (κ2) is 4.48. The number of aliphatic hydroxyl groups excluding tert-OH is 1. The highest BCUT2D eigenvalue weighted by atomic mass is 16.3. The number of rotatable bonds is 0. The van der Waals surface area contributed by atoms with Crippen molar-refractivity contribution in [1.29, 1.82) is 0 Å². The summed E-state index contributed by atoms with van der Waals surface area (Å²) in [6.07, 6.45) is 14.0. The molecular formula is C19H32O. The molecule has 7 atom stereocenters. The van der Waals surface area contributed by atoms with Gasteiger partial charge in [0, 0.05) is 0 Å². The highest BCUT2D eigenvalue weighted by molar-refractivity contribution is 5.08. The average Bonchev–Trinajstić information content (AvgIpc) is 2.74. The first-order valence-corrected chi connectivity index (χ1v) is 9.24. The van der Waals surface area contributed by atoms with Crippen molar-refractivity contribution in [3.05, 3.63) is 0 Å². The maximum absolute atomic E-state index is 10.5. The van der Waals surface area contributed by atoms with E-state index in [0.29, 0.717) is 5.41 Å². The Morgan fingerprint density at radius 3 is 2.40 bits per heavy atom. The van der Waals surface area contributed by atoms with Gasteiger partial charge in [0.1, 0.15) is 0 Å². The number of hydrogen-bond acceptors (Lipinski definition) is 1. The first kappa shape index (κ1) is 13.6. The minimum atomic E-state index is -0.00895. The lowest BCUT2D eigenvalue weighted by Crippen LogP contribution is -2.53. The normalized spacial score (nSPS) is 58.6. The van der Waals surface area contributed by atoms with Gasteiger partial charge in [-0.25, -0.2) is 0 Å². The molecule has 0 saturated heterocycles. The van der Waals surface area contributed by atoms with Gasteiger partial charge >= 0.3 is 0 Å². The Kier molecular flexibility index (Phi) is 3.05. The van der Waals surface area contributed by atoms with Crippen molar-refractivity contribution < 1.29 is 5.11 Å². The Morgan fingerprint density at radius 2 is 1.55 bits per heavy atom. The van der Waals surface area contributed by atoms with E-state index in [4.69, 9.17) is 0 Å². The van der Waals surface area contributed by atoms with E-state index < -0.39 is 0 Å². The fourth-order valence-corrected chi connectivity index (χ4v) is 7.27. The third kappa shape index (κ3) is 1.65. The summed E-state index contributed by atoms with van der Waals surface area (Å²) in [6.45, 7) is 5.04. The topological polar surface area (TPSA) is 20.2 Å². The van der Waals surface area contributed by atoms with Gasteiger partial charge in [0.05, 0.1) is 6.10 Å². The van der Waals surface area contributed by atoms with Gasteiger partial charge < -0.3 is 5.11 Å². The van der Waals surface area contributed by atoms with Crippen LogP contribution in [0.25, 0.3) is 0 Å². The maximum Gasteiger partial charge on any atom is 0.0596 e. The van der Waals surface area contributed by atoms with Crippen molar-refractivity contribution >= 4 is 0 Å². The van der Waals surface area contributed by atoms with Crippen molar-refractivity contribution in [3.8, 4) is 0 Å².